The maximum absolute atomic E-state index is 12.8. The maximum Gasteiger partial charge on any atom is 0.305 e. The number of hydrazone groups is 1. The Morgan fingerprint density at radius 1 is 0.967 bits per heavy atom. The molecular formula is C24H26N4O2. The molecule has 0 bridgehead atoms. The van der Waals surface area contributed by atoms with Gasteiger partial charge in [-0.15, -0.1) is 0 Å². The predicted molar refractivity (Wildman–Crippen MR) is 120 cm³/mol. The van der Waals surface area contributed by atoms with Crippen molar-refractivity contribution in [3.63, 3.8) is 0 Å². The minimum Gasteiger partial charge on any atom is -0.455 e. The zero-order chi connectivity index (χ0) is 21.1. The summed E-state index contributed by atoms with van der Waals surface area (Å²) < 4.78 is 6.04. The van der Waals surface area contributed by atoms with Gasteiger partial charge < -0.3 is 4.42 Å². The Labute approximate surface area is 176 Å². The molecule has 0 saturated carbocycles. The standard InChI is InChI=1S/C24H26N4O2/c1-16-21-19(27-25-17-10-6-4-7-11-17)14-24(2,3)15-20(21)30-22(16)23(29)28-26-18-12-8-5-9-13-18/h4-13,25-26H,14-15H2,1-3H3,(H,28,29)/b27-19-. The molecular weight excluding hydrogens is 376 g/mol. The summed E-state index contributed by atoms with van der Waals surface area (Å²) in [5.41, 5.74) is 13.1. The zero-order valence-electron chi connectivity index (χ0n) is 17.5. The van der Waals surface area contributed by atoms with E-state index in [1.165, 1.54) is 0 Å². The number of furan rings is 1. The number of para-hydroxylation sites is 2. The summed E-state index contributed by atoms with van der Waals surface area (Å²) in [4.78, 5) is 12.8. The van der Waals surface area contributed by atoms with Crippen molar-refractivity contribution < 1.29 is 9.21 Å². The normalized spacial score (nSPS) is 16.0. The van der Waals surface area contributed by atoms with Crippen LogP contribution in [0.3, 0.4) is 0 Å². The average Bonchev–Trinajstić information content (AvgIpc) is 3.07. The number of fused-ring (bicyclic) bond motifs is 1. The van der Waals surface area contributed by atoms with Gasteiger partial charge in [0.2, 0.25) is 0 Å². The first-order valence-electron chi connectivity index (χ1n) is 10.0. The van der Waals surface area contributed by atoms with Crippen LogP contribution in [0.2, 0.25) is 0 Å². The Hall–Kier alpha value is -3.54. The molecule has 0 saturated heterocycles. The third-order valence-corrected chi connectivity index (χ3v) is 5.19. The molecule has 2 aromatic carbocycles. The highest BCUT2D eigenvalue weighted by Crippen LogP contribution is 2.39. The van der Waals surface area contributed by atoms with Crippen molar-refractivity contribution in [2.24, 2.45) is 10.5 Å². The van der Waals surface area contributed by atoms with Gasteiger partial charge in [0, 0.05) is 17.5 Å². The van der Waals surface area contributed by atoms with E-state index in [1.807, 2.05) is 67.6 Å². The van der Waals surface area contributed by atoms with Gasteiger partial charge in [0.05, 0.1) is 17.1 Å². The minimum atomic E-state index is -0.307. The van der Waals surface area contributed by atoms with Gasteiger partial charge in [-0.2, -0.15) is 5.10 Å². The molecule has 154 valence electrons. The lowest BCUT2D eigenvalue weighted by atomic mass is 9.75. The Balaban J connectivity index is 1.60. The van der Waals surface area contributed by atoms with E-state index in [0.29, 0.717) is 5.76 Å². The third kappa shape index (κ3) is 4.22. The van der Waals surface area contributed by atoms with Gasteiger partial charge in [0.15, 0.2) is 5.76 Å². The smallest absolute Gasteiger partial charge is 0.305 e. The fourth-order valence-corrected chi connectivity index (χ4v) is 3.78. The summed E-state index contributed by atoms with van der Waals surface area (Å²) in [6.45, 7) is 6.28. The van der Waals surface area contributed by atoms with Crippen LogP contribution < -0.4 is 16.3 Å². The first kappa shape index (κ1) is 19.8. The van der Waals surface area contributed by atoms with E-state index in [1.54, 1.807) is 0 Å². The topological polar surface area (TPSA) is 78.7 Å². The molecule has 4 rings (SSSR count). The number of hydrogen-bond acceptors (Lipinski definition) is 5. The molecule has 0 radical (unpaired) electrons. The van der Waals surface area contributed by atoms with E-state index >= 15 is 0 Å². The second-order valence-electron chi connectivity index (χ2n) is 8.35. The van der Waals surface area contributed by atoms with Gasteiger partial charge >= 0.3 is 5.91 Å². The van der Waals surface area contributed by atoms with E-state index in [9.17, 15) is 4.79 Å². The lowest BCUT2D eigenvalue weighted by Crippen LogP contribution is -2.29. The van der Waals surface area contributed by atoms with Crippen molar-refractivity contribution in [2.45, 2.75) is 33.6 Å². The number of nitrogens with zero attached hydrogens (tertiary/aromatic N) is 1. The summed E-state index contributed by atoms with van der Waals surface area (Å²) >= 11 is 0. The number of anilines is 2. The Morgan fingerprint density at radius 2 is 1.60 bits per heavy atom. The number of benzene rings is 2. The molecule has 6 nitrogen and oxygen atoms in total. The molecule has 3 aromatic rings. The summed E-state index contributed by atoms with van der Waals surface area (Å²) in [5.74, 6) is 0.815. The Kier molecular flexibility index (Phi) is 5.31. The van der Waals surface area contributed by atoms with Crippen LogP contribution in [-0.2, 0) is 6.42 Å². The van der Waals surface area contributed by atoms with E-state index in [0.717, 1.165) is 46.8 Å². The highest BCUT2D eigenvalue weighted by molar-refractivity contribution is 6.07. The second-order valence-corrected chi connectivity index (χ2v) is 8.35. The fraction of sp³-hybridized carbons (Fsp3) is 0.250. The largest absolute Gasteiger partial charge is 0.455 e. The van der Waals surface area contributed by atoms with Crippen LogP contribution in [0.25, 0.3) is 0 Å². The van der Waals surface area contributed by atoms with Crippen molar-refractivity contribution in [3.8, 4) is 0 Å². The number of hydrazine groups is 1. The van der Waals surface area contributed by atoms with Crippen LogP contribution in [0, 0.1) is 12.3 Å². The molecule has 1 aromatic heterocycles. The molecule has 3 N–H and O–H groups in total. The molecule has 1 amide bonds. The van der Waals surface area contributed by atoms with Gasteiger partial charge in [0.1, 0.15) is 5.76 Å². The molecule has 0 fully saturated rings. The van der Waals surface area contributed by atoms with E-state index in [2.05, 4.69) is 35.2 Å². The number of rotatable bonds is 5. The number of hydrogen-bond donors (Lipinski definition) is 3. The Bertz CT molecular complexity index is 1070. The summed E-state index contributed by atoms with van der Waals surface area (Å²) in [5, 5.41) is 4.68. The highest BCUT2D eigenvalue weighted by atomic mass is 16.4. The first-order chi connectivity index (χ1) is 14.4. The second kappa shape index (κ2) is 8.06. The van der Waals surface area contributed by atoms with Crippen LogP contribution in [0.15, 0.2) is 70.2 Å². The number of carbonyl (C=O) groups excluding carboxylic acids is 1. The average molecular weight is 402 g/mol. The van der Waals surface area contributed by atoms with Crippen LogP contribution in [0.4, 0.5) is 11.4 Å². The van der Waals surface area contributed by atoms with Crippen LogP contribution in [0.5, 0.6) is 0 Å². The van der Waals surface area contributed by atoms with Crippen LogP contribution >= 0.6 is 0 Å². The van der Waals surface area contributed by atoms with Crippen molar-refractivity contribution >= 4 is 23.0 Å². The molecule has 1 aliphatic rings. The number of amides is 1. The van der Waals surface area contributed by atoms with Gasteiger partial charge in [-0.3, -0.25) is 21.1 Å². The van der Waals surface area contributed by atoms with Gasteiger partial charge in [0.25, 0.3) is 0 Å². The lowest BCUT2D eigenvalue weighted by molar-refractivity contribution is 0.0931. The maximum atomic E-state index is 12.8. The quantitative estimate of drug-likeness (QED) is 0.517. The fourth-order valence-electron chi connectivity index (χ4n) is 3.78. The lowest BCUT2D eigenvalue weighted by Gasteiger charge is -2.29. The van der Waals surface area contributed by atoms with E-state index < -0.39 is 0 Å². The highest BCUT2D eigenvalue weighted by Gasteiger charge is 2.36. The first-order valence-corrected chi connectivity index (χ1v) is 10.0. The minimum absolute atomic E-state index is 0.00940. The molecule has 1 aliphatic carbocycles. The molecule has 0 spiro atoms. The monoisotopic (exact) mass is 402 g/mol. The molecule has 6 heteroatoms. The number of carbonyl (C=O) groups is 1. The van der Waals surface area contributed by atoms with E-state index in [4.69, 9.17) is 4.42 Å². The molecule has 0 unspecified atom stereocenters. The summed E-state index contributed by atoms with van der Waals surface area (Å²) in [6, 6.07) is 19.3. The van der Waals surface area contributed by atoms with Gasteiger partial charge in [-0.1, -0.05) is 50.2 Å². The molecule has 1 heterocycles. The van der Waals surface area contributed by atoms with Gasteiger partial charge in [-0.05, 0) is 43.0 Å². The van der Waals surface area contributed by atoms with Gasteiger partial charge in [-0.25, -0.2) is 0 Å². The van der Waals surface area contributed by atoms with Crippen molar-refractivity contribution in [3.05, 3.63) is 83.3 Å². The summed E-state index contributed by atoms with van der Waals surface area (Å²) in [7, 11) is 0. The number of nitrogens with one attached hydrogen (secondary N) is 3. The summed E-state index contributed by atoms with van der Waals surface area (Å²) in [6.07, 6.45) is 1.55. The van der Waals surface area contributed by atoms with Crippen LogP contribution in [0.1, 0.15) is 47.7 Å². The molecule has 0 aliphatic heterocycles. The SMILES string of the molecule is Cc1c(C(=O)NNc2ccccc2)oc2c1/C(=N\Nc1ccccc1)CC(C)(C)C2. The zero-order valence-corrected chi connectivity index (χ0v) is 17.5. The molecule has 30 heavy (non-hydrogen) atoms. The van der Waals surface area contributed by atoms with E-state index in [-0.39, 0.29) is 11.3 Å². The Morgan fingerprint density at radius 3 is 2.27 bits per heavy atom. The predicted octanol–water partition coefficient (Wildman–Crippen LogP) is 5.13. The molecule has 0 atom stereocenters. The van der Waals surface area contributed by atoms with Crippen molar-refractivity contribution in [1.29, 1.82) is 0 Å². The third-order valence-electron chi connectivity index (χ3n) is 5.19. The van der Waals surface area contributed by atoms with Crippen LogP contribution in [-0.4, -0.2) is 11.6 Å². The van der Waals surface area contributed by atoms with Crippen molar-refractivity contribution in [2.75, 3.05) is 10.9 Å². The van der Waals surface area contributed by atoms with Crippen molar-refractivity contribution in [1.82, 2.24) is 5.43 Å².